The molecule has 0 bridgehead atoms. The highest BCUT2D eigenvalue weighted by Gasteiger charge is 2.47. The third-order valence-electron chi connectivity index (χ3n) is 15.7. The van der Waals surface area contributed by atoms with Gasteiger partial charge in [0.2, 0.25) is 11.8 Å². The van der Waals surface area contributed by atoms with Gasteiger partial charge < -0.3 is 18.6 Å². The Hall–Kier alpha value is -10.8. The molecule has 1 aliphatic rings. The van der Waals surface area contributed by atoms with Crippen molar-refractivity contribution in [1.82, 2.24) is 9.97 Å². The Morgan fingerprint density at radius 3 is 0.975 bits per heavy atom. The summed E-state index contributed by atoms with van der Waals surface area (Å²) in [5.41, 5.74) is 21.7. The largest absolute Gasteiger partial charge is 0.436 e. The fraction of sp³-hybridized carbons (Fsp3) is 0.0133. The lowest BCUT2D eigenvalue weighted by molar-refractivity contribution is 0.619. The molecule has 2 aromatic heterocycles. The van der Waals surface area contributed by atoms with Crippen molar-refractivity contribution in [2.75, 3.05) is 9.80 Å². The molecule has 0 saturated heterocycles. The molecule has 1 aliphatic carbocycles. The van der Waals surface area contributed by atoms with Gasteiger partial charge in [-0.2, -0.15) is 0 Å². The summed E-state index contributed by atoms with van der Waals surface area (Å²) in [5.74, 6) is 1.14. The standard InChI is InChI=1S/C75H50N4O2/c1-5-21-51(22-6-1)53-25-17-33-59(45-53)78(61-35-19-27-55(47-61)73-76-69-37-13-15-39-71(69)80-73)63-41-43-65-66-44-42-64(50-68(66)75(67(65)49-63,57-29-9-3-10-30-57)58-31-11-4-12-32-58)79(60-34-18-26-54(46-60)52-23-7-2-8-24-52)62-36-20-28-56(48-62)74-77-70-38-14-16-40-72(70)81-74/h1-50H. The average Bonchev–Trinajstić information content (AvgIpc) is 2.31. The number of oxazole rings is 2. The van der Waals surface area contributed by atoms with Crippen molar-refractivity contribution in [2.24, 2.45) is 0 Å². The van der Waals surface area contributed by atoms with Crippen LogP contribution in [-0.4, -0.2) is 9.97 Å². The van der Waals surface area contributed by atoms with Crippen LogP contribution in [0, 0.1) is 0 Å². The van der Waals surface area contributed by atoms with Crippen LogP contribution in [0.3, 0.4) is 0 Å². The number of aromatic nitrogens is 2. The van der Waals surface area contributed by atoms with Crippen molar-refractivity contribution >= 4 is 56.3 Å². The van der Waals surface area contributed by atoms with Gasteiger partial charge in [0.25, 0.3) is 0 Å². The topological polar surface area (TPSA) is 58.5 Å². The maximum Gasteiger partial charge on any atom is 0.227 e. The number of anilines is 6. The van der Waals surface area contributed by atoms with E-state index >= 15 is 0 Å². The first-order valence-corrected chi connectivity index (χ1v) is 27.4. The zero-order valence-electron chi connectivity index (χ0n) is 44.0. The Morgan fingerprint density at radius 2 is 0.580 bits per heavy atom. The molecule has 0 N–H and O–H groups in total. The van der Waals surface area contributed by atoms with Gasteiger partial charge in [-0.25, -0.2) is 9.97 Å². The molecule has 0 spiro atoms. The minimum atomic E-state index is -0.769. The molecule has 0 aliphatic heterocycles. The molecule has 0 amide bonds. The monoisotopic (exact) mass is 1040 g/mol. The minimum absolute atomic E-state index is 0.571. The summed E-state index contributed by atoms with van der Waals surface area (Å²) in [7, 11) is 0. The van der Waals surface area contributed by atoms with E-state index in [1.165, 1.54) is 22.3 Å². The Balaban J connectivity index is 0.946. The van der Waals surface area contributed by atoms with Gasteiger partial charge in [-0.1, -0.05) is 194 Å². The van der Waals surface area contributed by atoms with Gasteiger partial charge in [-0.05, 0) is 165 Å². The summed E-state index contributed by atoms with van der Waals surface area (Å²) in [5, 5.41) is 0. The normalized spacial score (nSPS) is 12.3. The van der Waals surface area contributed by atoms with Crippen molar-refractivity contribution in [3.63, 3.8) is 0 Å². The molecule has 6 nitrogen and oxygen atoms in total. The number of nitrogens with zero attached hydrogens (tertiary/aromatic N) is 4. The smallest absolute Gasteiger partial charge is 0.227 e. The molecular formula is C75H50N4O2. The van der Waals surface area contributed by atoms with Crippen LogP contribution < -0.4 is 9.80 Å². The van der Waals surface area contributed by atoms with Crippen LogP contribution in [0.15, 0.2) is 312 Å². The highest BCUT2D eigenvalue weighted by atomic mass is 16.4. The van der Waals surface area contributed by atoms with E-state index in [-0.39, 0.29) is 0 Å². The fourth-order valence-electron chi connectivity index (χ4n) is 12.1. The molecule has 0 atom stereocenters. The zero-order valence-corrected chi connectivity index (χ0v) is 44.0. The highest BCUT2D eigenvalue weighted by molar-refractivity contribution is 5.93. The molecule has 382 valence electrons. The van der Waals surface area contributed by atoms with Gasteiger partial charge in [-0.3, -0.25) is 0 Å². The number of rotatable bonds is 12. The van der Waals surface area contributed by atoms with Crippen LogP contribution in [-0.2, 0) is 5.41 Å². The summed E-state index contributed by atoms with van der Waals surface area (Å²) in [6, 6.07) is 108. The van der Waals surface area contributed by atoms with Gasteiger partial charge in [0.15, 0.2) is 11.2 Å². The minimum Gasteiger partial charge on any atom is -0.436 e. The first kappa shape index (κ1) is 47.4. The van der Waals surface area contributed by atoms with Crippen molar-refractivity contribution < 1.29 is 8.83 Å². The van der Waals surface area contributed by atoms with Crippen molar-refractivity contribution in [3.05, 3.63) is 326 Å². The molecule has 6 heteroatoms. The predicted octanol–water partition coefficient (Wildman–Crippen LogP) is 19.9. The van der Waals surface area contributed by atoms with Crippen molar-refractivity contribution in [1.29, 1.82) is 0 Å². The van der Waals surface area contributed by atoms with E-state index < -0.39 is 5.41 Å². The van der Waals surface area contributed by atoms with Crippen LogP contribution in [0.1, 0.15) is 22.3 Å². The SMILES string of the molecule is c1ccc(-c2cccc(N(c3cccc(-c4nc5ccccc5o4)c3)c3ccc4c(c3)C(c3ccccc3)(c3ccccc3)c3cc(N(c5cccc(-c6ccccc6)c5)c5cccc(-c6nc7ccccc7o6)c5)ccc3-4)c2)cc1. The zero-order chi connectivity index (χ0) is 53.7. The second kappa shape index (κ2) is 19.9. The van der Waals surface area contributed by atoms with Crippen LogP contribution in [0.2, 0.25) is 0 Å². The number of para-hydroxylation sites is 4. The van der Waals surface area contributed by atoms with E-state index in [2.05, 4.69) is 265 Å². The maximum absolute atomic E-state index is 6.40. The number of fused-ring (bicyclic) bond motifs is 5. The van der Waals surface area contributed by atoms with Gasteiger partial charge >= 0.3 is 0 Å². The molecular weight excluding hydrogens is 989 g/mol. The van der Waals surface area contributed by atoms with E-state index in [1.807, 2.05) is 48.5 Å². The average molecular weight is 1040 g/mol. The third-order valence-corrected chi connectivity index (χ3v) is 15.7. The molecule has 12 aromatic carbocycles. The summed E-state index contributed by atoms with van der Waals surface area (Å²) in [6.45, 7) is 0. The number of hydrogen-bond donors (Lipinski definition) is 0. The Morgan fingerprint density at radius 1 is 0.259 bits per heavy atom. The van der Waals surface area contributed by atoms with E-state index in [9.17, 15) is 0 Å². The van der Waals surface area contributed by atoms with Gasteiger partial charge in [0.05, 0.1) is 5.41 Å². The summed E-state index contributed by atoms with van der Waals surface area (Å²) in [6.07, 6.45) is 0. The fourth-order valence-corrected chi connectivity index (χ4v) is 12.1. The lowest BCUT2D eigenvalue weighted by atomic mass is 9.67. The van der Waals surface area contributed by atoms with Crippen LogP contribution >= 0.6 is 0 Å². The molecule has 14 aromatic rings. The maximum atomic E-state index is 6.40. The Labute approximate surface area is 469 Å². The first-order valence-electron chi connectivity index (χ1n) is 27.4. The first-order chi connectivity index (χ1) is 40.1. The molecule has 2 heterocycles. The van der Waals surface area contributed by atoms with Gasteiger partial charge in [0.1, 0.15) is 11.0 Å². The lowest BCUT2D eigenvalue weighted by Crippen LogP contribution is -2.29. The Kier molecular flexibility index (Phi) is 11.6. The van der Waals surface area contributed by atoms with E-state index in [0.29, 0.717) is 11.8 Å². The quantitative estimate of drug-likeness (QED) is 0.122. The second-order valence-electron chi connectivity index (χ2n) is 20.5. The molecule has 0 radical (unpaired) electrons. The molecule has 15 rings (SSSR count). The Bertz CT molecular complexity index is 4250. The lowest BCUT2D eigenvalue weighted by Gasteiger charge is -2.35. The molecule has 81 heavy (non-hydrogen) atoms. The van der Waals surface area contributed by atoms with Crippen LogP contribution in [0.5, 0.6) is 0 Å². The molecule has 0 unspecified atom stereocenters. The molecule has 0 fully saturated rings. The van der Waals surface area contributed by atoms with E-state index in [0.717, 1.165) is 101 Å². The van der Waals surface area contributed by atoms with Gasteiger partial charge in [-0.15, -0.1) is 0 Å². The molecule has 0 saturated carbocycles. The van der Waals surface area contributed by atoms with Crippen molar-refractivity contribution in [3.8, 4) is 56.3 Å². The summed E-state index contributed by atoms with van der Waals surface area (Å²) < 4.78 is 12.8. The number of benzene rings is 12. The van der Waals surface area contributed by atoms with Gasteiger partial charge in [0, 0.05) is 45.3 Å². The van der Waals surface area contributed by atoms with Crippen molar-refractivity contribution in [2.45, 2.75) is 5.41 Å². The summed E-state index contributed by atoms with van der Waals surface area (Å²) in [4.78, 5) is 14.6. The van der Waals surface area contributed by atoms with E-state index in [4.69, 9.17) is 18.8 Å². The third kappa shape index (κ3) is 8.37. The van der Waals surface area contributed by atoms with Crippen LogP contribution in [0.25, 0.3) is 78.5 Å². The van der Waals surface area contributed by atoms with Crippen LogP contribution in [0.4, 0.5) is 34.1 Å². The number of hydrogen-bond acceptors (Lipinski definition) is 6. The second-order valence-corrected chi connectivity index (χ2v) is 20.5. The highest BCUT2D eigenvalue weighted by Crippen LogP contribution is 2.59. The van der Waals surface area contributed by atoms with E-state index in [1.54, 1.807) is 0 Å². The summed E-state index contributed by atoms with van der Waals surface area (Å²) >= 11 is 0. The predicted molar refractivity (Wildman–Crippen MR) is 330 cm³/mol.